The molecule has 0 fully saturated rings. The van der Waals surface area contributed by atoms with E-state index in [0.717, 1.165) is 44.9 Å². The molecular formula is C35H69NO8S6. The molecule has 0 radical (unpaired) electrons. The highest BCUT2D eigenvalue weighted by Crippen LogP contribution is 2.16. The van der Waals surface area contributed by atoms with E-state index in [0.29, 0.717) is 37.8 Å². The fourth-order valence-corrected chi connectivity index (χ4v) is 5.09. The van der Waals surface area contributed by atoms with Crippen LogP contribution >= 0.6 is 81.0 Å². The number of unbranched alkanes of at least 4 members (excludes halogenated alkanes) is 14. The minimum absolute atomic E-state index is 0. The molecule has 0 heterocycles. The predicted octanol–water partition coefficient (Wildman–Crippen LogP) is 8.76. The van der Waals surface area contributed by atoms with Crippen LogP contribution in [0.3, 0.4) is 0 Å². The van der Waals surface area contributed by atoms with Crippen LogP contribution in [0.4, 0.5) is 0 Å². The molecule has 15 heteroatoms. The number of carbonyl (C=O) groups is 5. The van der Waals surface area contributed by atoms with E-state index in [4.69, 9.17) is 10.2 Å². The van der Waals surface area contributed by atoms with Gasteiger partial charge in [0.05, 0.1) is 11.5 Å². The van der Waals surface area contributed by atoms with E-state index >= 15 is 0 Å². The summed E-state index contributed by atoms with van der Waals surface area (Å²) in [5.41, 5.74) is 0.692. The first kappa shape index (κ1) is 63.9. The molecule has 50 heavy (non-hydrogen) atoms. The zero-order valence-corrected chi connectivity index (χ0v) is 35.0. The molecule has 0 aliphatic rings. The van der Waals surface area contributed by atoms with Crippen molar-refractivity contribution in [2.24, 2.45) is 5.92 Å². The van der Waals surface area contributed by atoms with Crippen molar-refractivity contribution in [2.45, 2.75) is 143 Å². The average molecular weight is 824 g/mol. The Morgan fingerprint density at radius 2 is 1.00 bits per heavy atom. The monoisotopic (exact) mass is 823 g/mol. The van der Waals surface area contributed by atoms with Gasteiger partial charge in [-0.2, -0.15) is 81.0 Å². The van der Waals surface area contributed by atoms with E-state index < -0.39 is 29.7 Å². The maximum atomic E-state index is 12.6. The lowest BCUT2D eigenvalue weighted by Crippen LogP contribution is -2.25. The molecule has 0 aliphatic carbocycles. The van der Waals surface area contributed by atoms with E-state index in [1.54, 1.807) is 13.0 Å². The second-order valence-corrected chi connectivity index (χ2v) is 11.8. The first-order valence-electron chi connectivity index (χ1n) is 16.2. The number of nitrogens with one attached hydrogen (secondary N) is 1. The standard InChI is InChI=1S/C34H53NO8.CH4.6H2S/c1-26(33(40)41)18-16-17-21-35-32(39)28-22-27(23-29(25-28)34(42)43)24-30(36)19-14-12-10-8-6-4-2-3-5-7-9-11-13-15-20-31(37)38;;;;;;;/h22-23,25-26H,2-21,24H2,1H3,(H,35,39)(H,37,38)(H,40,41)(H,42,43);1H4;6*1H2/t26-;;;;;;;/m0......./s1. The minimum atomic E-state index is -1.16. The number of hydrogen-bond acceptors (Lipinski definition) is 5. The largest absolute Gasteiger partial charge is 0.481 e. The van der Waals surface area contributed by atoms with E-state index in [1.165, 1.54) is 57.1 Å². The van der Waals surface area contributed by atoms with Crippen LogP contribution in [-0.4, -0.2) is 51.5 Å². The normalized spacial score (nSPS) is 10.0. The third-order valence-electron chi connectivity index (χ3n) is 7.77. The molecule has 1 amide bonds. The topological polar surface area (TPSA) is 158 Å². The predicted molar refractivity (Wildman–Crippen MR) is 236 cm³/mol. The van der Waals surface area contributed by atoms with Crippen molar-refractivity contribution in [1.82, 2.24) is 5.32 Å². The summed E-state index contributed by atoms with van der Waals surface area (Å²) >= 11 is 0. The van der Waals surface area contributed by atoms with Gasteiger partial charge in [0.25, 0.3) is 5.91 Å². The fourth-order valence-electron chi connectivity index (χ4n) is 5.09. The van der Waals surface area contributed by atoms with Gasteiger partial charge in [-0.1, -0.05) is 97.8 Å². The van der Waals surface area contributed by atoms with Gasteiger partial charge in [-0.3, -0.25) is 19.2 Å². The van der Waals surface area contributed by atoms with Crippen LogP contribution in [-0.2, 0) is 20.8 Å². The Morgan fingerprint density at radius 3 is 1.42 bits per heavy atom. The number of carboxylic acids is 3. The third kappa shape index (κ3) is 34.0. The van der Waals surface area contributed by atoms with Gasteiger partial charge in [-0.05, 0) is 49.4 Å². The summed E-state index contributed by atoms with van der Waals surface area (Å²) in [6.07, 6.45) is 18.2. The van der Waals surface area contributed by atoms with Crippen LogP contribution < -0.4 is 5.32 Å². The number of benzene rings is 1. The van der Waals surface area contributed by atoms with E-state index in [-0.39, 0.29) is 118 Å². The number of Topliss-reactive ketones (excluding diaryl/α,β-unsaturated/α-hetero) is 1. The Kier molecular flexibility index (Phi) is 51.9. The van der Waals surface area contributed by atoms with E-state index in [2.05, 4.69) is 5.32 Å². The van der Waals surface area contributed by atoms with Gasteiger partial charge in [0.15, 0.2) is 0 Å². The van der Waals surface area contributed by atoms with E-state index in [9.17, 15) is 29.1 Å². The summed E-state index contributed by atoms with van der Waals surface area (Å²) < 4.78 is 0. The van der Waals surface area contributed by atoms with Crippen molar-refractivity contribution in [3.63, 3.8) is 0 Å². The molecule has 0 aliphatic heterocycles. The molecule has 0 saturated carbocycles. The molecule has 9 nitrogen and oxygen atoms in total. The number of aromatic carboxylic acids is 1. The zero-order chi connectivity index (χ0) is 31.9. The smallest absolute Gasteiger partial charge is 0.335 e. The molecule has 1 rings (SSSR count). The summed E-state index contributed by atoms with van der Waals surface area (Å²) in [5.74, 6) is -3.52. The van der Waals surface area contributed by atoms with Crippen LogP contribution in [0.5, 0.6) is 0 Å². The Bertz CT molecular complexity index is 1030. The van der Waals surface area contributed by atoms with Gasteiger partial charge in [0.2, 0.25) is 0 Å². The van der Waals surface area contributed by atoms with Crippen LogP contribution in [0.15, 0.2) is 18.2 Å². The molecule has 1 aromatic carbocycles. The van der Waals surface area contributed by atoms with Crippen LogP contribution in [0.1, 0.15) is 163 Å². The first-order valence-corrected chi connectivity index (χ1v) is 16.2. The molecular weight excluding hydrogens is 755 g/mol. The van der Waals surface area contributed by atoms with Crippen molar-refractivity contribution in [3.05, 3.63) is 34.9 Å². The molecule has 0 aromatic heterocycles. The summed E-state index contributed by atoms with van der Waals surface area (Å²) in [5, 5.41) is 29.8. The summed E-state index contributed by atoms with van der Waals surface area (Å²) in [6.45, 7) is 2.00. The van der Waals surface area contributed by atoms with Crippen LogP contribution in [0, 0.1) is 5.92 Å². The lowest BCUT2D eigenvalue weighted by Gasteiger charge is -2.10. The maximum Gasteiger partial charge on any atom is 0.335 e. The molecule has 0 unspecified atom stereocenters. The SMILES string of the molecule is C.C[C@@H](CCCCNC(=O)c1cc(CC(=O)CCCCCCCCCCCCCCCCC(=O)O)cc(C(=O)O)c1)C(=O)O.S.S.S.S.S.S. The van der Waals surface area contributed by atoms with Gasteiger partial charge in [0.1, 0.15) is 5.78 Å². The van der Waals surface area contributed by atoms with Crippen LogP contribution in [0.2, 0.25) is 0 Å². The highest BCUT2D eigenvalue weighted by molar-refractivity contribution is 7.60. The number of ketones is 1. The first-order chi connectivity index (χ1) is 20.6. The lowest BCUT2D eigenvalue weighted by atomic mass is 9.98. The van der Waals surface area contributed by atoms with Gasteiger partial charge in [0, 0.05) is 31.4 Å². The lowest BCUT2D eigenvalue weighted by molar-refractivity contribution is -0.141. The van der Waals surface area contributed by atoms with E-state index in [1.807, 2.05) is 0 Å². The fraction of sp³-hybridized carbons (Fsp3) is 0.686. The number of rotatable bonds is 27. The van der Waals surface area contributed by atoms with Gasteiger partial charge >= 0.3 is 17.9 Å². The van der Waals surface area contributed by atoms with Crippen molar-refractivity contribution < 1.29 is 39.3 Å². The Hall–Kier alpha value is -1.13. The molecule has 4 N–H and O–H groups in total. The molecule has 0 bridgehead atoms. The average Bonchev–Trinajstić information content (AvgIpc) is 2.96. The van der Waals surface area contributed by atoms with Crippen LogP contribution in [0.25, 0.3) is 0 Å². The third-order valence-corrected chi connectivity index (χ3v) is 7.77. The van der Waals surface area contributed by atoms with Gasteiger partial charge in [-0.15, -0.1) is 0 Å². The summed E-state index contributed by atoms with van der Waals surface area (Å²) in [7, 11) is 0. The molecule has 0 spiro atoms. The van der Waals surface area contributed by atoms with Crippen molar-refractivity contribution >= 4 is 111 Å². The quantitative estimate of drug-likeness (QED) is 0.0642. The summed E-state index contributed by atoms with van der Waals surface area (Å²) in [6, 6.07) is 4.34. The van der Waals surface area contributed by atoms with Gasteiger partial charge < -0.3 is 20.6 Å². The van der Waals surface area contributed by atoms with Crippen molar-refractivity contribution in [3.8, 4) is 0 Å². The Morgan fingerprint density at radius 1 is 0.580 bits per heavy atom. The Labute approximate surface area is 343 Å². The Balaban J connectivity index is -0.000000528. The number of amides is 1. The molecule has 1 aromatic rings. The maximum absolute atomic E-state index is 12.6. The number of aliphatic carboxylic acids is 2. The molecule has 298 valence electrons. The second kappa shape index (κ2) is 40.6. The highest BCUT2D eigenvalue weighted by Gasteiger charge is 2.15. The number of carboxylic acid groups (broad SMARTS) is 3. The van der Waals surface area contributed by atoms with Gasteiger partial charge in [-0.25, -0.2) is 4.79 Å². The number of carbonyl (C=O) groups excluding carboxylic acids is 2. The molecule has 0 saturated heterocycles. The zero-order valence-electron chi connectivity index (χ0n) is 29.0. The number of hydrogen-bond donors (Lipinski definition) is 4. The highest BCUT2D eigenvalue weighted by atomic mass is 32.1. The molecule has 1 atom stereocenters. The minimum Gasteiger partial charge on any atom is -0.481 e. The summed E-state index contributed by atoms with van der Waals surface area (Å²) in [4.78, 5) is 58.2. The van der Waals surface area contributed by atoms with Crippen molar-refractivity contribution in [2.75, 3.05) is 6.54 Å². The second-order valence-electron chi connectivity index (χ2n) is 11.8. The van der Waals surface area contributed by atoms with Crippen molar-refractivity contribution in [1.29, 1.82) is 0 Å².